The van der Waals surface area contributed by atoms with Crippen LogP contribution in [-0.4, -0.2) is 24.7 Å². The fourth-order valence-corrected chi connectivity index (χ4v) is 3.70. The molecule has 7 heteroatoms. The molecule has 4 aromatic rings. The van der Waals surface area contributed by atoms with Crippen molar-refractivity contribution in [1.29, 1.82) is 0 Å². The van der Waals surface area contributed by atoms with E-state index in [1.807, 2.05) is 79.7 Å². The van der Waals surface area contributed by atoms with Crippen LogP contribution in [0.15, 0.2) is 77.2 Å². The summed E-state index contributed by atoms with van der Waals surface area (Å²) in [6.07, 6.45) is 1.81. The first-order chi connectivity index (χ1) is 18.1. The van der Waals surface area contributed by atoms with Crippen LogP contribution in [-0.2, 0) is 29.2 Å². The molecular formula is C30H31NO6. The Morgan fingerprint density at radius 2 is 1.62 bits per heavy atom. The van der Waals surface area contributed by atoms with Crippen LogP contribution in [0.3, 0.4) is 0 Å². The summed E-state index contributed by atoms with van der Waals surface area (Å²) < 4.78 is 28.0. The molecule has 1 heterocycles. The average Bonchev–Trinajstić information content (AvgIpc) is 3.31. The zero-order chi connectivity index (χ0) is 26.0. The van der Waals surface area contributed by atoms with Gasteiger partial charge >= 0.3 is 5.97 Å². The number of benzene rings is 3. The van der Waals surface area contributed by atoms with E-state index < -0.39 is 5.97 Å². The minimum absolute atomic E-state index is 0.139. The number of oxazole rings is 1. The van der Waals surface area contributed by atoms with E-state index in [2.05, 4.69) is 16.6 Å². The van der Waals surface area contributed by atoms with Gasteiger partial charge in [0.05, 0.1) is 7.11 Å². The first-order valence-corrected chi connectivity index (χ1v) is 12.2. The Morgan fingerprint density at radius 3 is 2.35 bits per heavy atom. The van der Waals surface area contributed by atoms with Crippen LogP contribution in [0.1, 0.15) is 35.9 Å². The molecule has 0 atom stereocenters. The highest BCUT2D eigenvalue weighted by atomic mass is 16.6. The van der Waals surface area contributed by atoms with Crippen LogP contribution in [0, 0.1) is 6.92 Å². The third-order valence-electron chi connectivity index (χ3n) is 5.75. The Morgan fingerprint density at radius 1 is 0.892 bits per heavy atom. The van der Waals surface area contributed by atoms with Crippen LogP contribution < -0.4 is 14.2 Å². The highest BCUT2D eigenvalue weighted by molar-refractivity contribution is 5.71. The van der Waals surface area contributed by atoms with Crippen LogP contribution in [0.5, 0.6) is 17.2 Å². The van der Waals surface area contributed by atoms with Gasteiger partial charge in [0.15, 0.2) is 6.61 Å². The molecule has 0 fully saturated rings. The largest absolute Gasteiger partial charge is 0.489 e. The molecular weight excluding hydrogens is 470 g/mol. The molecule has 0 radical (unpaired) electrons. The fourth-order valence-electron chi connectivity index (χ4n) is 3.70. The van der Waals surface area contributed by atoms with Gasteiger partial charge in [-0.05, 0) is 54.8 Å². The Labute approximate surface area is 217 Å². The van der Waals surface area contributed by atoms with Crippen molar-refractivity contribution in [1.82, 2.24) is 4.98 Å². The van der Waals surface area contributed by atoms with E-state index in [1.54, 1.807) is 0 Å². The number of ether oxygens (including phenoxy) is 4. The summed E-state index contributed by atoms with van der Waals surface area (Å²) in [5.74, 6) is 2.93. The van der Waals surface area contributed by atoms with Crippen LogP contribution in [0.4, 0.5) is 0 Å². The van der Waals surface area contributed by atoms with E-state index in [9.17, 15) is 4.79 Å². The Hall–Kier alpha value is -4.26. The highest BCUT2D eigenvalue weighted by Gasteiger charge is 2.12. The lowest BCUT2D eigenvalue weighted by atomic mass is 10.1. The Kier molecular flexibility index (Phi) is 8.81. The van der Waals surface area contributed by atoms with Gasteiger partial charge in [0.2, 0.25) is 5.89 Å². The molecule has 4 rings (SSSR count). The van der Waals surface area contributed by atoms with Crippen molar-refractivity contribution in [2.45, 2.75) is 39.9 Å². The van der Waals surface area contributed by atoms with Gasteiger partial charge in [0.1, 0.15) is 41.9 Å². The smallest absolute Gasteiger partial charge is 0.343 e. The second kappa shape index (κ2) is 12.6. The summed E-state index contributed by atoms with van der Waals surface area (Å²) in [4.78, 5) is 16.1. The molecule has 0 spiro atoms. The van der Waals surface area contributed by atoms with Crippen LogP contribution in [0.25, 0.3) is 11.5 Å². The minimum Gasteiger partial charge on any atom is -0.489 e. The molecule has 1 aromatic heterocycles. The zero-order valence-electron chi connectivity index (χ0n) is 21.4. The predicted molar refractivity (Wildman–Crippen MR) is 140 cm³/mol. The molecule has 192 valence electrons. The van der Waals surface area contributed by atoms with Gasteiger partial charge in [-0.25, -0.2) is 9.78 Å². The summed E-state index contributed by atoms with van der Waals surface area (Å²) in [6.45, 7) is 4.54. The second-order valence-corrected chi connectivity index (χ2v) is 8.49. The number of aromatic nitrogens is 1. The van der Waals surface area contributed by atoms with Gasteiger partial charge in [-0.15, -0.1) is 0 Å². The van der Waals surface area contributed by atoms with Crippen molar-refractivity contribution in [3.8, 4) is 28.7 Å². The van der Waals surface area contributed by atoms with Gasteiger partial charge in [-0.3, -0.25) is 0 Å². The first-order valence-electron chi connectivity index (χ1n) is 12.2. The molecule has 0 bridgehead atoms. The molecule has 0 aliphatic heterocycles. The summed E-state index contributed by atoms with van der Waals surface area (Å²) in [6, 6.07) is 23.2. The monoisotopic (exact) mass is 501 g/mol. The van der Waals surface area contributed by atoms with Crippen molar-refractivity contribution in [3.05, 3.63) is 95.4 Å². The van der Waals surface area contributed by atoms with Gasteiger partial charge in [-0.1, -0.05) is 49.7 Å². The van der Waals surface area contributed by atoms with E-state index in [0.717, 1.165) is 46.7 Å². The predicted octanol–water partition coefficient (Wildman–Crippen LogP) is 6.31. The molecule has 7 nitrogen and oxygen atoms in total. The molecule has 37 heavy (non-hydrogen) atoms. The fraction of sp³-hybridized carbons (Fsp3) is 0.267. The number of carbonyl (C=O) groups is 1. The molecule has 0 N–H and O–H groups in total. The molecule has 3 aromatic carbocycles. The minimum atomic E-state index is -0.425. The molecule has 0 saturated heterocycles. The normalized spacial score (nSPS) is 10.7. The maximum atomic E-state index is 11.5. The molecule has 0 aliphatic carbocycles. The number of nitrogens with zero attached hydrogens (tertiary/aromatic N) is 1. The summed E-state index contributed by atoms with van der Waals surface area (Å²) >= 11 is 0. The third-order valence-corrected chi connectivity index (χ3v) is 5.75. The maximum Gasteiger partial charge on any atom is 0.343 e. The SMILES string of the molecule is CCCc1ccc(OCc2ccc(OCc3nc(-c4ccccc4)oc3C)cc2)cc1OCC(=O)OC. The first kappa shape index (κ1) is 25.8. The standard InChI is InChI=1S/C30H31NO6/c1-4-8-23-13-16-26(17-28(23)36-20-29(32)33-3)34-18-22-11-14-25(15-12-22)35-19-27-21(2)37-30(31-27)24-9-6-5-7-10-24/h5-7,9-17H,4,8,18-20H2,1-3H3. The second-order valence-electron chi connectivity index (χ2n) is 8.49. The van der Waals surface area contributed by atoms with Crippen LogP contribution in [0.2, 0.25) is 0 Å². The number of carbonyl (C=O) groups excluding carboxylic acids is 1. The van der Waals surface area contributed by atoms with Gasteiger partial charge < -0.3 is 23.4 Å². The maximum absolute atomic E-state index is 11.5. The zero-order valence-corrected chi connectivity index (χ0v) is 21.4. The lowest BCUT2D eigenvalue weighted by molar-refractivity contribution is -0.142. The molecule has 0 unspecified atom stereocenters. The quantitative estimate of drug-likeness (QED) is 0.210. The number of hydrogen-bond donors (Lipinski definition) is 0. The molecule has 0 saturated carbocycles. The van der Waals surface area contributed by atoms with E-state index >= 15 is 0 Å². The summed E-state index contributed by atoms with van der Waals surface area (Å²) in [7, 11) is 1.34. The Bertz CT molecular complexity index is 1300. The third kappa shape index (κ3) is 7.13. The van der Waals surface area contributed by atoms with E-state index in [1.165, 1.54) is 7.11 Å². The van der Waals surface area contributed by atoms with Crippen LogP contribution >= 0.6 is 0 Å². The lowest BCUT2D eigenvalue weighted by Crippen LogP contribution is -2.13. The molecule has 0 amide bonds. The number of aryl methyl sites for hydroxylation is 2. The van der Waals surface area contributed by atoms with Crippen molar-refractivity contribution in [2.24, 2.45) is 0 Å². The number of methoxy groups -OCH3 is 1. The average molecular weight is 502 g/mol. The lowest BCUT2D eigenvalue weighted by Gasteiger charge is -2.13. The highest BCUT2D eigenvalue weighted by Crippen LogP contribution is 2.27. The summed E-state index contributed by atoms with van der Waals surface area (Å²) in [5, 5.41) is 0. The van der Waals surface area contributed by atoms with E-state index in [0.29, 0.717) is 30.6 Å². The van der Waals surface area contributed by atoms with Gasteiger partial charge in [0.25, 0.3) is 0 Å². The number of hydrogen-bond acceptors (Lipinski definition) is 7. The van der Waals surface area contributed by atoms with Crippen molar-refractivity contribution >= 4 is 5.97 Å². The topological polar surface area (TPSA) is 80.0 Å². The van der Waals surface area contributed by atoms with Gasteiger partial charge in [0, 0.05) is 11.6 Å². The number of rotatable bonds is 12. The van der Waals surface area contributed by atoms with Crippen molar-refractivity contribution in [3.63, 3.8) is 0 Å². The van der Waals surface area contributed by atoms with Crippen molar-refractivity contribution in [2.75, 3.05) is 13.7 Å². The van der Waals surface area contributed by atoms with E-state index in [4.69, 9.17) is 18.6 Å². The Balaban J connectivity index is 1.32. The van der Waals surface area contributed by atoms with Crippen molar-refractivity contribution < 1.29 is 28.2 Å². The van der Waals surface area contributed by atoms with Gasteiger partial charge in [-0.2, -0.15) is 0 Å². The summed E-state index contributed by atoms with van der Waals surface area (Å²) in [5.41, 5.74) is 3.72. The molecule has 0 aliphatic rings. The van der Waals surface area contributed by atoms with E-state index in [-0.39, 0.29) is 6.61 Å². The number of esters is 1.